The zero-order chi connectivity index (χ0) is 28.3. The van der Waals surface area contributed by atoms with Gasteiger partial charge in [-0.15, -0.1) is 0 Å². The van der Waals surface area contributed by atoms with Gasteiger partial charge in [0.1, 0.15) is 12.4 Å². The lowest BCUT2D eigenvalue weighted by atomic mass is 9.96. The number of aliphatic hydroxyl groups excluding tert-OH is 1. The molecular weight excluding hydrogens is 514 g/mol. The number of hydrogen-bond acceptors (Lipinski definition) is 8. The van der Waals surface area contributed by atoms with E-state index in [1.54, 1.807) is 11.8 Å². The third-order valence-corrected chi connectivity index (χ3v) is 6.50. The second-order valence-corrected chi connectivity index (χ2v) is 9.71. The molecule has 1 atom stereocenters. The van der Waals surface area contributed by atoms with Gasteiger partial charge in [-0.3, -0.25) is 14.5 Å². The van der Waals surface area contributed by atoms with Gasteiger partial charge < -0.3 is 25.3 Å². The first kappa shape index (κ1) is 27.8. The maximum atomic E-state index is 13.4. The number of rotatable bonds is 7. The van der Waals surface area contributed by atoms with E-state index in [0.29, 0.717) is 29.9 Å². The Morgan fingerprint density at radius 1 is 1.18 bits per heavy atom. The van der Waals surface area contributed by atoms with Crippen molar-refractivity contribution < 1.29 is 32.9 Å². The van der Waals surface area contributed by atoms with Gasteiger partial charge in [-0.05, 0) is 32.9 Å². The van der Waals surface area contributed by atoms with E-state index < -0.39 is 29.8 Å². The van der Waals surface area contributed by atoms with Crippen LogP contribution >= 0.6 is 0 Å². The highest BCUT2D eigenvalue weighted by Gasteiger charge is 2.40. The van der Waals surface area contributed by atoms with Crippen molar-refractivity contribution in [2.75, 3.05) is 25.0 Å². The number of amides is 2. The molecule has 0 bridgehead atoms. The summed E-state index contributed by atoms with van der Waals surface area (Å²) in [6.07, 6.45) is 3.72. The fourth-order valence-corrected chi connectivity index (χ4v) is 4.33. The minimum absolute atomic E-state index is 0.0317. The zero-order valence-corrected chi connectivity index (χ0v) is 21.6. The van der Waals surface area contributed by atoms with E-state index in [4.69, 9.17) is 4.74 Å². The number of ether oxygens (including phenoxy) is 1. The Kier molecular flexibility index (Phi) is 8.02. The number of carbonyl (C=O) groups is 2. The lowest BCUT2D eigenvalue weighted by molar-refractivity contribution is -0.616. The summed E-state index contributed by atoms with van der Waals surface area (Å²) in [5.41, 5.74) is -0.255. The molecule has 2 N–H and O–H groups in total. The summed E-state index contributed by atoms with van der Waals surface area (Å²) < 4.78 is 32.3. The number of anilines is 1. The van der Waals surface area contributed by atoms with Crippen molar-refractivity contribution in [3.63, 3.8) is 0 Å². The molecule has 206 valence electrons. The van der Waals surface area contributed by atoms with Crippen LogP contribution in [-0.4, -0.2) is 67.9 Å². The Morgan fingerprint density at radius 3 is 2.59 bits per heavy atom. The van der Waals surface area contributed by atoms with Crippen LogP contribution in [-0.2, 0) is 11.4 Å². The number of aliphatic hydroxyl groups is 1. The minimum atomic E-state index is -1.06. The highest BCUT2D eigenvalue weighted by molar-refractivity contribution is 5.95. The van der Waals surface area contributed by atoms with E-state index in [1.165, 1.54) is 36.8 Å². The van der Waals surface area contributed by atoms with Gasteiger partial charge in [0.05, 0.1) is 29.5 Å². The fourth-order valence-electron chi connectivity index (χ4n) is 4.33. The number of nitrogens with one attached hydrogen (secondary N) is 1. The molecule has 2 aromatic heterocycles. The van der Waals surface area contributed by atoms with Gasteiger partial charge >= 0.3 is 0 Å². The third kappa shape index (κ3) is 6.26. The number of carbonyl (C=O) groups excluding carboxylic acids is 2. The van der Waals surface area contributed by atoms with Crippen LogP contribution in [0.4, 0.5) is 14.6 Å². The van der Waals surface area contributed by atoms with Crippen LogP contribution < -0.4 is 14.8 Å². The number of pyridine rings is 1. The van der Waals surface area contributed by atoms with Gasteiger partial charge in [0.15, 0.2) is 23.6 Å². The van der Waals surface area contributed by atoms with Gasteiger partial charge in [0, 0.05) is 37.8 Å². The van der Waals surface area contributed by atoms with Gasteiger partial charge in [-0.25, -0.2) is 18.7 Å². The van der Waals surface area contributed by atoms with Crippen LogP contribution in [0.25, 0.3) is 0 Å². The lowest BCUT2D eigenvalue weighted by Crippen LogP contribution is -2.63. The molecule has 0 unspecified atom stereocenters. The van der Waals surface area contributed by atoms with Crippen molar-refractivity contribution in [3.8, 4) is 11.6 Å². The molecule has 0 saturated carbocycles. The normalized spacial score (nSPS) is 16.0. The Hall–Kier alpha value is -4.23. The maximum absolute atomic E-state index is 13.4. The van der Waals surface area contributed by atoms with E-state index in [-0.39, 0.29) is 35.0 Å². The quantitative estimate of drug-likeness (QED) is 0.343. The summed E-state index contributed by atoms with van der Waals surface area (Å²) in [6.45, 7) is 6.22. The molecule has 11 nitrogen and oxygen atoms in total. The Balaban J connectivity index is 1.35. The SMILES string of the molecule is C[C@@H](C(=O)Nc1cnc(Oc2ccc(F)c(F)c2)cn1)N1CCN(C(=O)c2cc[n+]([O-])c(CO)c2)C(C)(C)C1. The number of aromatic nitrogens is 3. The van der Waals surface area contributed by atoms with Gasteiger partial charge in [0.25, 0.3) is 5.91 Å². The predicted molar refractivity (Wildman–Crippen MR) is 135 cm³/mol. The molecule has 4 rings (SSSR count). The molecule has 1 aliphatic rings. The summed E-state index contributed by atoms with van der Waals surface area (Å²) in [6, 6.07) is 5.31. The lowest BCUT2D eigenvalue weighted by Gasteiger charge is -2.48. The molecule has 13 heteroatoms. The van der Waals surface area contributed by atoms with Crippen LogP contribution in [0, 0.1) is 16.8 Å². The van der Waals surface area contributed by atoms with Crippen LogP contribution in [0.15, 0.2) is 48.9 Å². The summed E-state index contributed by atoms with van der Waals surface area (Å²) in [4.78, 5) is 37.9. The van der Waals surface area contributed by atoms with Crippen LogP contribution in [0.3, 0.4) is 0 Å². The highest BCUT2D eigenvalue weighted by Crippen LogP contribution is 2.25. The number of piperazine rings is 1. The van der Waals surface area contributed by atoms with E-state index in [9.17, 15) is 28.7 Å². The number of nitrogens with zero attached hydrogens (tertiary/aromatic N) is 5. The van der Waals surface area contributed by atoms with Crippen molar-refractivity contribution >= 4 is 17.6 Å². The van der Waals surface area contributed by atoms with E-state index >= 15 is 0 Å². The minimum Gasteiger partial charge on any atom is -0.618 e. The monoisotopic (exact) mass is 542 g/mol. The molecule has 0 aliphatic carbocycles. The van der Waals surface area contributed by atoms with Crippen LogP contribution in [0.2, 0.25) is 0 Å². The first-order chi connectivity index (χ1) is 18.5. The van der Waals surface area contributed by atoms with Crippen molar-refractivity contribution in [2.24, 2.45) is 0 Å². The van der Waals surface area contributed by atoms with Crippen molar-refractivity contribution in [1.82, 2.24) is 19.8 Å². The molecule has 3 aromatic rings. The van der Waals surface area contributed by atoms with Crippen molar-refractivity contribution in [1.29, 1.82) is 0 Å². The molecule has 2 amide bonds. The van der Waals surface area contributed by atoms with Crippen molar-refractivity contribution in [2.45, 2.75) is 39.0 Å². The van der Waals surface area contributed by atoms with E-state index in [0.717, 1.165) is 12.1 Å². The summed E-state index contributed by atoms with van der Waals surface area (Å²) in [5.74, 6) is -2.40. The van der Waals surface area contributed by atoms with E-state index in [2.05, 4.69) is 15.3 Å². The van der Waals surface area contributed by atoms with E-state index in [1.807, 2.05) is 18.7 Å². The summed E-state index contributed by atoms with van der Waals surface area (Å²) >= 11 is 0. The Bertz CT molecular complexity index is 1370. The number of halogens is 2. The van der Waals surface area contributed by atoms with Crippen LogP contribution in [0.5, 0.6) is 11.6 Å². The standard InChI is InChI=1S/C26H28F2N6O5/c1-16(24(36)31-22-12-30-23(13-29-22)39-19-4-5-20(27)21(28)11-19)32-8-9-33(26(2,3)15-32)25(37)17-6-7-34(38)18(10-17)14-35/h4-7,10-13,16,35H,8-9,14-15H2,1-3H3,(H,29,31,36)/t16-/m0/s1. The second-order valence-electron chi connectivity index (χ2n) is 9.71. The largest absolute Gasteiger partial charge is 0.618 e. The average Bonchev–Trinajstić information content (AvgIpc) is 2.90. The second kappa shape index (κ2) is 11.3. The van der Waals surface area contributed by atoms with Crippen molar-refractivity contribution in [3.05, 3.63) is 77.0 Å². The summed E-state index contributed by atoms with van der Waals surface area (Å²) in [7, 11) is 0. The number of benzene rings is 1. The first-order valence-electron chi connectivity index (χ1n) is 12.1. The maximum Gasteiger partial charge on any atom is 0.254 e. The molecule has 1 aliphatic heterocycles. The fraction of sp³-hybridized carbons (Fsp3) is 0.346. The number of hydrogen-bond donors (Lipinski definition) is 2. The predicted octanol–water partition coefficient (Wildman–Crippen LogP) is 2.24. The average molecular weight is 543 g/mol. The molecule has 1 saturated heterocycles. The molecule has 3 heterocycles. The Labute approximate surface area is 223 Å². The van der Waals surface area contributed by atoms with Gasteiger partial charge in [0.2, 0.25) is 17.5 Å². The van der Waals surface area contributed by atoms with Crippen LogP contribution in [0.1, 0.15) is 36.8 Å². The molecular formula is C26H28F2N6O5. The zero-order valence-electron chi connectivity index (χ0n) is 21.6. The third-order valence-electron chi connectivity index (χ3n) is 6.50. The smallest absolute Gasteiger partial charge is 0.254 e. The first-order valence-corrected chi connectivity index (χ1v) is 12.1. The molecule has 0 spiro atoms. The van der Waals surface area contributed by atoms with Gasteiger partial charge in [-0.1, -0.05) is 0 Å². The molecule has 0 radical (unpaired) electrons. The summed E-state index contributed by atoms with van der Waals surface area (Å²) in [5, 5.41) is 23.8. The highest BCUT2D eigenvalue weighted by atomic mass is 19.2. The molecule has 1 fully saturated rings. The topological polar surface area (TPSA) is 135 Å². The molecule has 1 aromatic carbocycles. The molecule has 39 heavy (non-hydrogen) atoms. The van der Waals surface area contributed by atoms with Gasteiger partial charge in [-0.2, -0.15) is 4.73 Å². The Morgan fingerprint density at radius 2 is 1.95 bits per heavy atom.